The van der Waals surface area contributed by atoms with E-state index in [1.54, 1.807) is 6.92 Å². The van der Waals surface area contributed by atoms with Gasteiger partial charge in [-0.25, -0.2) is 26.7 Å². The van der Waals surface area contributed by atoms with Crippen LogP contribution in [-0.2, 0) is 13.5 Å². The van der Waals surface area contributed by atoms with Crippen LogP contribution in [-0.4, -0.2) is 39.5 Å². The van der Waals surface area contributed by atoms with E-state index < -0.39 is 59.4 Å². The molecule has 1 amide bonds. The van der Waals surface area contributed by atoms with Crippen LogP contribution in [0.25, 0.3) is 5.69 Å². The number of hydrogen-bond acceptors (Lipinski definition) is 4. The number of amides is 1. The van der Waals surface area contributed by atoms with Crippen LogP contribution in [0.15, 0.2) is 41.2 Å². The molecule has 3 aromatic rings. The van der Waals surface area contributed by atoms with Crippen LogP contribution in [0.2, 0.25) is 0 Å². The first-order valence-electron chi connectivity index (χ1n) is 9.73. The number of hydrogen-bond donors (Lipinski definition) is 1. The number of alkyl halides is 3. The molecule has 0 radical (unpaired) electrons. The maximum Gasteiger partial charge on any atom is 0.350 e. The molecule has 1 N–H and O–H groups in total. The van der Waals surface area contributed by atoms with Crippen LogP contribution >= 0.6 is 0 Å². The lowest BCUT2D eigenvalue weighted by atomic mass is 10.1. The van der Waals surface area contributed by atoms with Crippen molar-refractivity contribution in [1.29, 1.82) is 0 Å². The average molecular weight is 470 g/mol. The molecule has 0 aliphatic rings. The van der Waals surface area contributed by atoms with Gasteiger partial charge in [-0.05, 0) is 18.2 Å². The summed E-state index contributed by atoms with van der Waals surface area (Å²) in [5, 5.41) is 6.16. The molecule has 1 atom stereocenters. The van der Waals surface area contributed by atoms with Crippen molar-refractivity contribution in [1.82, 2.24) is 14.3 Å². The lowest BCUT2D eigenvalue weighted by molar-refractivity contribution is -0.00158. The molecule has 1 aromatic heterocycles. The van der Waals surface area contributed by atoms with Crippen LogP contribution in [0, 0.1) is 11.6 Å². The average Bonchev–Trinajstić information content (AvgIpc) is 3.07. The molecule has 7 nitrogen and oxygen atoms in total. The normalized spacial score (nSPS) is 12.1. The van der Waals surface area contributed by atoms with Crippen molar-refractivity contribution in [3.8, 4) is 11.4 Å². The molecule has 0 saturated carbocycles. The monoisotopic (exact) mass is 470 g/mol. The predicted molar refractivity (Wildman–Crippen MR) is 109 cm³/mol. The molecular formula is C21H19F5N4O3. The van der Waals surface area contributed by atoms with Crippen molar-refractivity contribution in [2.45, 2.75) is 25.9 Å². The Hall–Kier alpha value is -3.70. The quantitative estimate of drug-likeness (QED) is 0.510. The Bertz CT molecular complexity index is 1230. The summed E-state index contributed by atoms with van der Waals surface area (Å²) in [4.78, 5) is 25.2. The van der Waals surface area contributed by atoms with Gasteiger partial charge in [-0.15, -0.1) is 5.10 Å². The Balaban J connectivity index is 2.12. The zero-order chi connectivity index (χ0) is 24.3. The van der Waals surface area contributed by atoms with Gasteiger partial charge < -0.3 is 10.1 Å². The Morgan fingerprint density at radius 3 is 2.45 bits per heavy atom. The molecule has 0 aliphatic heterocycles. The molecule has 2 aromatic carbocycles. The highest BCUT2D eigenvalue weighted by Crippen LogP contribution is 2.28. The van der Waals surface area contributed by atoms with Crippen molar-refractivity contribution in [2.75, 3.05) is 12.0 Å². The van der Waals surface area contributed by atoms with Crippen molar-refractivity contribution in [3.63, 3.8) is 0 Å². The Labute approximate surface area is 184 Å². The SMILES string of the molecule is CCc1nn(-c2cc(O[C@@H](CF)C(F)F)c(C(=O)Nc3ccccc3F)cc2F)c(=O)n1C. The van der Waals surface area contributed by atoms with Gasteiger partial charge in [0, 0.05) is 19.5 Å². The van der Waals surface area contributed by atoms with E-state index in [1.807, 2.05) is 0 Å². The zero-order valence-electron chi connectivity index (χ0n) is 17.5. The summed E-state index contributed by atoms with van der Waals surface area (Å²) in [5.41, 5.74) is -2.11. The van der Waals surface area contributed by atoms with Crippen LogP contribution in [0.1, 0.15) is 23.1 Å². The van der Waals surface area contributed by atoms with E-state index >= 15 is 0 Å². The van der Waals surface area contributed by atoms with E-state index in [0.29, 0.717) is 23.0 Å². The molecular weight excluding hydrogens is 451 g/mol. The number of ether oxygens (including phenoxy) is 1. The molecule has 0 spiro atoms. The summed E-state index contributed by atoms with van der Waals surface area (Å²) < 4.78 is 75.0. The molecule has 0 unspecified atom stereocenters. The number of nitrogens with one attached hydrogen (secondary N) is 1. The standard InChI is InChI=1S/C21H19F5N4O3/c1-3-18-28-30(21(32)29(18)2)15-9-16(33-17(10-22)19(25)26)11(8-13(15)24)20(31)27-14-7-5-4-6-12(14)23/h4-9,17,19H,3,10H2,1-2H3,(H,27,31)/t17-/m0/s1. The Morgan fingerprint density at radius 1 is 1.18 bits per heavy atom. The summed E-state index contributed by atoms with van der Waals surface area (Å²) >= 11 is 0. The fourth-order valence-electron chi connectivity index (χ4n) is 2.99. The van der Waals surface area contributed by atoms with Gasteiger partial charge in [-0.3, -0.25) is 9.36 Å². The second kappa shape index (κ2) is 9.84. The molecule has 1 heterocycles. The van der Waals surface area contributed by atoms with E-state index in [2.05, 4.69) is 10.4 Å². The third-order valence-corrected chi connectivity index (χ3v) is 4.74. The molecule has 176 valence electrons. The predicted octanol–water partition coefficient (Wildman–Crippen LogP) is 3.65. The van der Waals surface area contributed by atoms with Crippen molar-refractivity contribution in [3.05, 3.63) is 69.9 Å². The number of benzene rings is 2. The van der Waals surface area contributed by atoms with Gasteiger partial charge in [0.1, 0.15) is 35.6 Å². The number of aromatic nitrogens is 3. The van der Waals surface area contributed by atoms with Gasteiger partial charge >= 0.3 is 5.69 Å². The molecule has 0 fully saturated rings. The summed E-state index contributed by atoms with van der Waals surface area (Å²) in [6, 6.07) is 6.50. The topological polar surface area (TPSA) is 78.2 Å². The Kier molecular flexibility index (Phi) is 7.14. The van der Waals surface area contributed by atoms with E-state index in [0.717, 1.165) is 16.7 Å². The lowest BCUT2D eigenvalue weighted by Crippen LogP contribution is -2.29. The first kappa shape index (κ1) is 24.0. The number of rotatable bonds is 8. The minimum atomic E-state index is -3.27. The number of carbonyl (C=O) groups is 1. The van der Waals surface area contributed by atoms with Crippen molar-refractivity contribution < 1.29 is 31.5 Å². The minimum absolute atomic E-state index is 0.262. The lowest BCUT2D eigenvalue weighted by Gasteiger charge is -2.19. The van der Waals surface area contributed by atoms with Gasteiger partial charge in [0.2, 0.25) is 0 Å². The van der Waals surface area contributed by atoms with Crippen LogP contribution < -0.4 is 15.7 Å². The van der Waals surface area contributed by atoms with E-state index in [1.165, 1.54) is 25.2 Å². The zero-order valence-corrected chi connectivity index (χ0v) is 17.5. The van der Waals surface area contributed by atoms with E-state index in [9.17, 15) is 31.5 Å². The number of carbonyl (C=O) groups excluding carboxylic acids is 1. The second-order valence-corrected chi connectivity index (χ2v) is 6.90. The number of aryl methyl sites for hydroxylation is 1. The van der Waals surface area contributed by atoms with Crippen LogP contribution in [0.4, 0.5) is 27.6 Å². The first-order valence-corrected chi connectivity index (χ1v) is 9.73. The molecule has 3 rings (SSSR count). The van der Waals surface area contributed by atoms with Crippen LogP contribution in [0.3, 0.4) is 0 Å². The van der Waals surface area contributed by atoms with Crippen molar-refractivity contribution >= 4 is 11.6 Å². The fraction of sp³-hybridized carbons (Fsp3) is 0.286. The largest absolute Gasteiger partial charge is 0.481 e. The maximum absolute atomic E-state index is 15.0. The smallest absolute Gasteiger partial charge is 0.350 e. The summed E-state index contributed by atoms with van der Waals surface area (Å²) in [6.07, 6.45) is -5.20. The number of halogens is 5. The second-order valence-electron chi connectivity index (χ2n) is 6.90. The van der Waals surface area contributed by atoms with Crippen LogP contribution in [0.5, 0.6) is 5.75 Å². The highest BCUT2D eigenvalue weighted by molar-refractivity contribution is 6.06. The van der Waals surface area contributed by atoms with Gasteiger partial charge in [-0.1, -0.05) is 19.1 Å². The highest BCUT2D eigenvalue weighted by Gasteiger charge is 2.27. The molecule has 0 saturated heterocycles. The van der Waals surface area contributed by atoms with E-state index in [4.69, 9.17) is 4.74 Å². The maximum atomic E-state index is 15.0. The van der Waals surface area contributed by atoms with Crippen molar-refractivity contribution in [2.24, 2.45) is 7.05 Å². The minimum Gasteiger partial charge on any atom is -0.481 e. The molecule has 0 bridgehead atoms. The Morgan fingerprint density at radius 2 is 1.88 bits per heavy atom. The molecule has 12 heteroatoms. The first-order chi connectivity index (χ1) is 15.7. The molecule has 33 heavy (non-hydrogen) atoms. The van der Waals surface area contributed by atoms with Gasteiger partial charge in [-0.2, -0.15) is 4.68 Å². The highest BCUT2D eigenvalue weighted by atomic mass is 19.3. The molecule has 0 aliphatic carbocycles. The summed E-state index contributed by atoms with van der Waals surface area (Å²) in [5.74, 6) is -3.35. The number of para-hydroxylation sites is 1. The summed E-state index contributed by atoms with van der Waals surface area (Å²) in [7, 11) is 1.41. The third-order valence-electron chi connectivity index (χ3n) is 4.74. The fourth-order valence-corrected chi connectivity index (χ4v) is 2.99. The third kappa shape index (κ3) is 4.89. The van der Waals surface area contributed by atoms with Gasteiger partial charge in [0.15, 0.2) is 6.10 Å². The van der Waals surface area contributed by atoms with Gasteiger partial charge in [0.25, 0.3) is 12.3 Å². The van der Waals surface area contributed by atoms with E-state index in [-0.39, 0.29) is 5.69 Å². The number of anilines is 1. The summed E-state index contributed by atoms with van der Waals surface area (Å²) in [6.45, 7) is 0.101. The van der Waals surface area contributed by atoms with Gasteiger partial charge in [0.05, 0.1) is 11.3 Å². The number of nitrogens with zero attached hydrogens (tertiary/aromatic N) is 3.